The number of nitrogens with zero attached hydrogens (tertiary/aromatic N) is 2. The van der Waals surface area contributed by atoms with Crippen molar-refractivity contribution in [2.45, 2.75) is 33.3 Å². The summed E-state index contributed by atoms with van der Waals surface area (Å²) in [6.07, 6.45) is 3.15. The molecular weight excluding hydrogens is 364 g/mol. The minimum absolute atomic E-state index is 0.0484. The highest BCUT2D eigenvalue weighted by molar-refractivity contribution is 9.10. The molecule has 0 bridgehead atoms. The molecule has 24 heavy (non-hydrogen) atoms. The molecule has 0 saturated heterocycles. The van der Waals surface area contributed by atoms with E-state index in [4.69, 9.17) is 0 Å². The molecule has 0 radical (unpaired) electrons. The Hall–Kier alpha value is -1.78. The Morgan fingerprint density at radius 3 is 2.33 bits per heavy atom. The van der Waals surface area contributed by atoms with Crippen LogP contribution >= 0.6 is 15.9 Å². The molecule has 0 fully saturated rings. The number of aryl methyl sites for hydroxylation is 2. The summed E-state index contributed by atoms with van der Waals surface area (Å²) in [5.41, 5.74) is 2.77. The van der Waals surface area contributed by atoms with E-state index in [1.54, 1.807) is 6.20 Å². The summed E-state index contributed by atoms with van der Waals surface area (Å²) in [5, 5.41) is 13.9. The van der Waals surface area contributed by atoms with Gasteiger partial charge in [-0.15, -0.1) is 0 Å². The minimum atomic E-state index is -1.19. The number of aliphatic hydroxyl groups is 1. The van der Waals surface area contributed by atoms with Crippen molar-refractivity contribution in [3.05, 3.63) is 69.7 Å². The van der Waals surface area contributed by atoms with Gasteiger partial charge in [-0.25, -0.2) is 9.97 Å². The van der Waals surface area contributed by atoms with E-state index in [9.17, 15) is 5.11 Å². The molecule has 2 aromatic carbocycles. The molecule has 1 aromatic heterocycles. The van der Waals surface area contributed by atoms with Gasteiger partial charge >= 0.3 is 0 Å². The monoisotopic (exact) mass is 384 g/mol. The lowest BCUT2D eigenvalue weighted by molar-refractivity contribution is 0.0267. The molecule has 0 aliphatic carbocycles. The van der Waals surface area contributed by atoms with Gasteiger partial charge in [-0.05, 0) is 69.2 Å². The van der Waals surface area contributed by atoms with Crippen LogP contribution in [-0.4, -0.2) is 15.1 Å². The molecule has 0 saturated carbocycles. The highest BCUT2D eigenvalue weighted by Gasteiger charge is 2.38. The maximum atomic E-state index is 11.6. The predicted octanol–water partition coefficient (Wildman–Crippen LogP) is 4.90. The van der Waals surface area contributed by atoms with Crippen molar-refractivity contribution >= 4 is 26.7 Å². The summed E-state index contributed by atoms with van der Waals surface area (Å²) < 4.78 is 0.710. The second kappa shape index (κ2) is 6.26. The largest absolute Gasteiger partial charge is 0.378 e. The molecule has 1 N–H and O–H groups in total. The molecule has 4 heteroatoms. The summed E-state index contributed by atoms with van der Waals surface area (Å²) in [6.45, 7) is 8.22. The first kappa shape index (κ1) is 17.1. The number of rotatable bonds is 3. The van der Waals surface area contributed by atoms with E-state index in [-0.39, 0.29) is 5.92 Å². The molecule has 3 aromatic rings. The Labute approximate surface area is 150 Å². The van der Waals surface area contributed by atoms with Gasteiger partial charge in [0.1, 0.15) is 11.9 Å². The van der Waals surface area contributed by atoms with Crippen LogP contribution in [0.2, 0.25) is 0 Å². The van der Waals surface area contributed by atoms with Gasteiger partial charge in [0.15, 0.2) is 0 Å². The Morgan fingerprint density at radius 2 is 1.71 bits per heavy atom. The zero-order valence-electron chi connectivity index (χ0n) is 14.3. The zero-order chi connectivity index (χ0) is 17.5. The van der Waals surface area contributed by atoms with Crippen molar-refractivity contribution in [1.29, 1.82) is 0 Å². The van der Waals surface area contributed by atoms with Crippen LogP contribution in [-0.2, 0) is 5.60 Å². The fourth-order valence-corrected chi connectivity index (χ4v) is 3.62. The second-order valence-electron chi connectivity index (χ2n) is 6.64. The van der Waals surface area contributed by atoms with Gasteiger partial charge in [-0.2, -0.15) is 0 Å². The van der Waals surface area contributed by atoms with Gasteiger partial charge in [0.25, 0.3) is 0 Å². The standard InChI is InChI=1S/C20H21BrN2O/c1-12(2)20(24,19-18(21)10-22-11-23-19)17-6-5-15-7-13(3)14(4)8-16(15)9-17/h5-12,24H,1-4H3. The summed E-state index contributed by atoms with van der Waals surface area (Å²) in [6, 6.07) is 10.5. The third-order valence-corrected chi connectivity index (χ3v) is 5.34. The number of hydrogen-bond donors (Lipinski definition) is 1. The average Bonchev–Trinajstić information content (AvgIpc) is 2.55. The lowest BCUT2D eigenvalue weighted by Gasteiger charge is -2.33. The van der Waals surface area contributed by atoms with E-state index in [1.807, 2.05) is 19.9 Å². The first-order valence-corrected chi connectivity index (χ1v) is 8.83. The summed E-state index contributed by atoms with van der Waals surface area (Å²) in [7, 11) is 0. The van der Waals surface area contributed by atoms with Gasteiger partial charge in [-0.1, -0.05) is 38.1 Å². The Morgan fingerprint density at radius 1 is 1.04 bits per heavy atom. The van der Waals surface area contributed by atoms with Gasteiger partial charge in [0.2, 0.25) is 0 Å². The Kier molecular flexibility index (Phi) is 4.45. The van der Waals surface area contributed by atoms with Crippen molar-refractivity contribution in [2.24, 2.45) is 5.92 Å². The van der Waals surface area contributed by atoms with Gasteiger partial charge in [-0.3, -0.25) is 0 Å². The predicted molar refractivity (Wildman–Crippen MR) is 101 cm³/mol. The summed E-state index contributed by atoms with van der Waals surface area (Å²) in [4.78, 5) is 8.37. The molecule has 124 valence electrons. The van der Waals surface area contributed by atoms with Gasteiger partial charge in [0, 0.05) is 6.20 Å². The fraction of sp³-hybridized carbons (Fsp3) is 0.300. The fourth-order valence-electron chi connectivity index (χ4n) is 3.10. The molecule has 3 nitrogen and oxygen atoms in total. The van der Waals surface area contributed by atoms with Crippen LogP contribution in [0.25, 0.3) is 10.8 Å². The lowest BCUT2D eigenvalue weighted by Crippen LogP contribution is -2.35. The molecular formula is C20H21BrN2O. The topological polar surface area (TPSA) is 46.0 Å². The smallest absolute Gasteiger partial charge is 0.135 e. The number of aromatic nitrogens is 2. The van der Waals surface area contributed by atoms with Crippen molar-refractivity contribution in [2.75, 3.05) is 0 Å². The van der Waals surface area contributed by atoms with E-state index in [0.29, 0.717) is 10.2 Å². The first-order chi connectivity index (χ1) is 11.3. The molecule has 0 spiro atoms. The number of hydrogen-bond acceptors (Lipinski definition) is 3. The van der Waals surface area contributed by atoms with Crippen LogP contribution in [0.1, 0.15) is 36.2 Å². The normalized spacial score (nSPS) is 14.1. The Balaban J connectivity index is 2.25. The number of benzene rings is 2. The molecule has 1 unspecified atom stereocenters. The second-order valence-corrected chi connectivity index (χ2v) is 7.49. The van der Waals surface area contributed by atoms with Crippen LogP contribution in [0.5, 0.6) is 0 Å². The van der Waals surface area contributed by atoms with Crippen molar-refractivity contribution in [1.82, 2.24) is 9.97 Å². The van der Waals surface area contributed by atoms with E-state index < -0.39 is 5.60 Å². The third kappa shape index (κ3) is 2.74. The van der Waals surface area contributed by atoms with Crippen molar-refractivity contribution < 1.29 is 5.11 Å². The maximum absolute atomic E-state index is 11.6. The number of fused-ring (bicyclic) bond motifs is 1. The van der Waals surface area contributed by atoms with Crippen LogP contribution < -0.4 is 0 Å². The molecule has 1 atom stereocenters. The summed E-state index contributed by atoms with van der Waals surface area (Å²) >= 11 is 3.48. The SMILES string of the molecule is Cc1cc2ccc(C(O)(c3ncncc3Br)C(C)C)cc2cc1C. The van der Waals surface area contributed by atoms with Crippen molar-refractivity contribution in [3.8, 4) is 0 Å². The van der Waals surface area contributed by atoms with E-state index >= 15 is 0 Å². The van der Waals surface area contributed by atoms with Crippen LogP contribution in [0.15, 0.2) is 47.3 Å². The zero-order valence-corrected chi connectivity index (χ0v) is 15.9. The number of halogens is 1. The molecule has 0 aliphatic heterocycles. The average molecular weight is 385 g/mol. The molecule has 0 aliphatic rings. The minimum Gasteiger partial charge on any atom is -0.378 e. The van der Waals surface area contributed by atoms with Gasteiger partial charge < -0.3 is 5.11 Å². The van der Waals surface area contributed by atoms with Crippen LogP contribution in [0, 0.1) is 19.8 Å². The van der Waals surface area contributed by atoms with E-state index in [0.717, 1.165) is 10.9 Å². The third-order valence-electron chi connectivity index (χ3n) is 4.76. The van der Waals surface area contributed by atoms with E-state index in [2.05, 4.69) is 64.0 Å². The molecule has 0 amide bonds. The van der Waals surface area contributed by atoms with Gasteiger partial charge in [0.05, 0.1) is 10.2 Å². The first-order valence-electron chi connectivity index (χ1n) is 8.04. The molecule has 1 heterocycles. The quantitative estimate of drug-likeness (QED) is 0.698. The van der Waals surface area contributed by atoms with Crippen LogP contribution in [0.4, 0.5) is 0 Å². The highest BCUT2D eigenvalue weighted by atomic mass is 79.9. The summed E-state index contributed by atoms with van der Waals surface area (Å²) in [5.74, 6) is -0.0484. The van der Waals surface area contributed by atoms with Crippen molar-refractivity contribution in [3.63, 3.8) is 0 Å². The van der Waals surface area contributed by atoms with Crippen LogP contribution in [0.3, 0.4) is 0 Å². The molecule has 3 rings (SSSR count). The maximum Gasteiger partial charge on any atom is 0.135 e. The van der Waals surface area contributed by atoms with E-state index in [1.165, 1.54) is 22.8 Å². The lowest BCUT2D eigenvalue weighted by atomic mass is 9.79. The highest BCUT2D eigenvalue weighted by Crippen LogP contribution is 2.39. The Bertz CT molecular complexity index is 907.